The van der Waals surface area contributed by atoms with Crippen LogP contribution in [0.5, 0.6) is 0 Å². The van der Waals surface area contributed by atoms with Crippen LogP contribution in [0.2, 0.25) is 0 Å². The fourth-order valence-corrected chi connectivity index (χ4v) is 5.96. The summed E-state index contributed by atoms with van der Waals surface area (Å²) in [6.45, 7) is 3.24. The van der Waals surface area contributed by atoms with Crippen molar-refractivity contribution in [1.82, 2.24) is 4.90 Å². The summed E-state index contributed by atoms with van der Waals surface area (Å²) in [7, 11) is 2.31. The fourth-order valence-electron chi connectivity index (χ4n) is 5.96. The molecule has 200 valence electrons. The van der Waals surface area contributed by atoms with E-state index in [-0.39, 0.29) is 61.1 Å². The number of amides is 2. The Labute approximate surface area is 221 Å². The molecule has 36 heavy (non-hydrogen) atoms. The summed E-state index contributed by atoms with van der Waals surface area (Å²) in [6.07, 6.45) is 1.84. The lowest BCUT2D eigenvalue weighted by atomic mass is 9.95. The van der Waals surface area contributed by atoms with Gasteiger partial charge in [-0.05, 0) is 12.5 Å². The van der Waals surface area contributed by atoms with Gasteiger partial charge >= 0.3 is 5.97 Å². The smallest absolute Gasteiger partial charge is 0.316 e. The number of nitrogens with two attached hydrogens (primary N) is 1. The molecule has 0 aromatic heterocycles. The maximum Gasteiger partial charge on any atom is 0.316 e. The summed E-state index contributed by atoms with van der Waals surface area (Å²) in [5.74, 6) is -1.66. The predicted octanol–water partition coefficient (Wildman–Crippen LogP) is -3.48. The largest absolute Gasteiger partial charge is 1.00 e. The number of carbonyl (C=O) groups excluding carboxylic acids is 3. The second-order valence-electron chi connectivity index (χ2n) is 10.1. The topological polar surface area (TPSA) is 143 Å². The van der Waals surface area contributed by atoms with Gasteiger partial charge in [-0.3, -0.25) is 14.4 Å². The number of esters is 1. The van der Waals surface area contributed by atoms with Gasteiger partial charge in [0.1, 0.15) is 36.3 Å². The first-order valence-electron chi connectivity index (χ1n) is 12.3. The van der Waals surface area contributed by atoms with Crippen molar-refractivity contribution < 1.29 is 55.5 Å². The number of benzene rings is 1. The van der Waals surface area contributed by atoms with Gasteiger partial charge in [-0.1, -0.05) is 30.3 Å². The molecule has 4 aliphatic rings. The van der Waals surface area contributed by atoms with Gasteiger partial charge in [-0.15, -0.1) is 0 Å². The number of halogens is 1. The van der Waals surface area contributed by atoms with Crippen molar-refractivity contribution in [1.29, 1.82) is 0 Å². The van der Waals surface area contributed by atoms with Gasteiger partial charge in [0.15, 0.2) is 0 Å². The van der Waals surface area contributed by atoms with Gasteiger partial charge in [0, 0.05) is 19.4 Å². The number of primary amides is 1. The van der Waals surface area contributed by atoms with Gasteiger partial charge in [0.2, 0.25) is 11.8 Å². The highest BCUT2D eigenvalue weighted by atomic mass is 79.9. The van der Waals surface area contributed by atoms with E-state index < -0.39 is 17.9 Å². The van der Waals surface area contributed by atoms with E-state index in [1.54, 1.807) is 0 Å². The minimum atomic E-state index is -0.637. The van der Waals surface area contributed by atoms with Crippen molar-refractivity contribution >= 4 is 17.8 Å². The number of nitrogens with zero attached hydrogens (tertiary/aromatic N) is 2. The highest BCUT2D eigenvalue weighted by molar-refractivity contribution is 5.85. The standard InChI is InChI=1S/C19H26NO4.C6H10N2O3.BrH/c1-3-20(2)15-9-13(10-16(20)18-17(15)24-18)23-19(22)14(11-21)12-7-5-4-6-8-12;7-5(10)3-8-2-4(9)1-6(8)11;/h4-8,13-18,21H,3,9-11H2,1-2H3;4,9H,1-3H2,(H2,7,10);1H/q+1;;/p-1/t13?,14-,15-,16+,17-,18+,20?;;/m1../s1. The first-order chi connectivity index (χ1) is 16.7. The number of morpholine rings is 1. The molecule has 2 bridgehead atoms. The van der Waals surface area contributed by atoms with E-state index in [9.17, 15) is 19.5 Å². The van der Waals surface area contributed by atoms with E-state index in [4.69, 9.17) is 20.3 Å². The number of aliphatic hydroxyl groups is 2. The first kappa shape index (κ1) is 28.5. The zero-order valence-corrected chi connectivity index (χ0v) is 22.2. The van der Waals surface area contributed by atoms with E-state index in [2.05, 4.69) is 14.0 Å². The Balaban J connectivity index is 0.000000256. The Bertz CT molecular complexity index is 931. The molecule has 4 N–H and O–H groups in total. The van der Waals surface area contributed by atoms with Gasteiger partial charge in [-0.25, -0.2) is 0 Å². The van der Waals surface area contributed by atoms with Crippen molar-refractivity contribution in [3.8, 4) is 0 Å². The SMILES string of the molecule is CC[N+]1(C)[C@@H]2CC(OC(=O)[C@H](CO)c3ccccc3)C[C@H]1[C@@H]1O[C@@H]12.NC(=O)CN1CC(O)CC1=O.[Br-]. The van der Waals surface area contributed by atoms with Gasteiger partial charge in [0.05, 0.1) is 39.3 Å². The van der Waals surface area contributed by atoms with E-state index in [0.717, 1.165) is 29.4 Å². The maximum atomic E-state index is 12.6. The molecule has 8 atom stereocenters. The van der Waals surface area contributed by atoms with Crippen LogP contribution in [0.1, 0.15) is 37.7 Å². The molecular formula is C25H36BrN3O7. The van der Waals surface area contributed by atoms with Crippen molar-refractivity contribution in [2.24, 2.45) is 5.73 Å². The molecule has 4 heterocycles. The Morgan fingerprint density at radius 1 is 1.22 bits per heavy atom. The molecule has 2 amide bonds. The molecular weight excluding hydrogens is 534 g/mol. The third-order valence-corrected chi connectivity index (χ3v) is 8.02. The van der Waals surface area contributed by atoms with Crippen LogP contribution in [0.15, 0.2) is 30.3 Å². The van der Waals surface area contributed by atoms with Crippen LogP contribution >= 0.6 is 0 Å². The number of likely N-dealkylation sites (N-methyl/N-ethyl adjacent to an activating group) is 1. The zero-order chi connectivity index (χ0) is 25.3. The monoisotopic (exact) mass is 569 g/mol. The van der Waals surface area contributed by atoms with Crippen LogP contribution in [-0.2, 0) is 23.9 Å². The highest BCUT2D eigenvalue weighted by Gasteiger charge is 2.71. The molecule has 4 aliphatic heterocycles. The van der Waals surface area contributed by atoms with Gasteiger partial charge < -0.3 is 51.8 Å². The van der Waals surface area contributed by atoms with Crippen molar-refractivity contribution in [2.45, 2.75) is 68.6 Å². The van der Waals surface area contributed by atoms with Crippen LogP contribution in [0.25, 0.3) is 0 Å². The molecule has 3 unspecified atom stereocenters. The summed E-state index contributed by atoms with van der Waals surface area (Å²) < 4.78 is 12.7. The van der Waals surface area contributed by atoms with Crippen molar-refractivity contribution in [3.63, 3.8) is 0 Å². The average molecular weight is 570 g/mol. The highest BCUT2D eigenvalue weighted by Crippen LogP contribution is 2.52. The van der Waals surface area contributed by atoms with Crippen LogP contribution in [0, 0.1) is 0 Å². The van der Waals surface area contributed by atoms with Crippen LogP contribution in [-0.4, -0.2) is 107 Å². The third kappa shape index (κ3) is 5.75. The fraction of sp³-hybridized carbons (Fsp3) is 0.640. The number of piperidine rings is 1. The quantitative estimate of drug-likeness (QED) is 0.176. The summed E-state index contributed by atoms with van der Waals surface area (Å²) in [5.41, 5.74) is 5.67. The number of hydrogen-bond acceptors (Lipinski definition) is 7. The lowest BCUT2D eigenvalue weighted by molar-refractivity contribution is -0.954. The molecule has 0 radical (unpaired) electrons. The number of hydrogen-bond donors (Lipinski definition) is 3. The zero-order valence-electron chi connectivity index (χ0n) is 20.7. The number of epoxide rings is 1. The number of β-amino-alcohol motifs (C(OH)–C–C–N with tert-alkyl or cyclic N) is 1. The molecule has 5 rings (SSSR count). The van der Waals surface area contributed by atoms with E-state index in [0.29, 0.717) is 24.3 Å². The van der Waals surface area contributed by atoms with Crippen LogP contribution in [0.3, 0.4) is 0 Å². The van der Waals surface area contributed by atoms with E-state index in [1.165, 1.54) is 4.90 Å². The Hall–Kier alpha value is -2.05. The molecule has 0 saturated carbocycles. The Morgan fingerprint density at radius 3 is 2.31 bits per heavy atom. The van der Waals surface area contributed by atoms with Crippen LogP contribution in [0.4, 0.5) is 0 Å². The minimum Gasteiger partial charge on any atom is -1.00 e. The lowest BCUT2D eigenvalue weighted by Gasteiger charge is -2.47. The normalized spacial score (nSPS) is 34.6. The van der Waals surface area contributed by atoms with E-state index in [1.807, 2.05) is 30.3 Å². The third-order valence-electron chi connectivity index (χ3n) is 8.02. The minimum absolute atomic E-state index is 0. The van der Waals surface area contributed by atoms with Crippen molar-refractivity contribution in [3.05, 3.63) is 35.9 Å². The molecule has 4 fully saturated rings. The molecule has 10 nitrogen and oxygen atoms in total. The molecule has 0 aliphatic carbocycles. The second-order valence-corrected chi connectivity index (χ2v) is 10.1. The van der Waals surface area contributed by atoms with Gasteiger partial charge in [0.25, 0.3) is 0 Å². The van der Waals surface area contributed by atoms with Gasteiger partial charge in [-0.2, -0.15) is 0 Å². The number of ether oxygens (including phenoxy) is 2. The number of carbonyl (C=O) groups is 3. The number of aliphatic hydroxyl groups excluding tert-OH is 2. The molecule has 4 saturated heterocycles. The predicted molar refractivity (Wildman–Crippen MR) is 125 cm³/mol. The average Bonchev–Trinajstić information content (AvgIpc) is 3.51. The number of quaternary nitrogens is 1. The molecule has 1 aromatic rings. The Morgan fingerprint density at radius 2 is 1.83 bits per heavy atom. The number of fused-ring (bicyclic) bond motifs is 5. The summed E-state index contributed by atoms with van der Waals surface area (Å²) >= 11 is 0. The molecule has 1 aromatic carbocycles. The van der Waals surface area contributed by atoms with Crippen molar-refractivity contribution in [2.75, 3.05) is 33.3 Å². The molecule has 11 heteroatoms. The Kier molecular flexibility index (Phi) is 9.16. The van der Waals surface area contributed by atoms with Crippen LogP contribution < -0.4 is 22.7 Å². The number of rotatable bonds is 7. The summed E-state index contributed by atoms with van der Waals surface area (Å²) in [5, 5.41) is 18.6. The molecule has 0 spiro atoms. The summed E-state index contributed by atoms with van der Waals surface area (Å²) in [6, 6.07) is 10.2. The summed E-state index contributed by atoms with van der Waals surface area (Å²) in [4.78, 5) is 35.1. The lowest BCUT2D eigenvalue weighted by Crippen LogP contribution is -3.00. The first-order valence-corrected chi connectivity index (χ1v) is 12.3. The number of likely N-dealkylation sites (tertiary alicyclic amines) is 1. The van der Waals surface area contributed by atoms with E-state index >= 15 is 0 Å². The second kappa shape index (κ2) is 11.6. The maximum absolute atomic E-state index is 12.6.